The van der Waals surface area contributed by atoms with Crippen LogP contribution in [0.2, 0.25) is 0 Å². The molecule has 0 amide bonds. The Hall–Kier alpha value is -0.880. The van der Waals surface area contributed by atoms with Gasteiger partial charge in [0.1, 0.15) is 23.9 Å². The monoisotopic (exact) mass is 576 g/mol. The second kappa shape index (κ2) is 9.56. The summed E-state index contributed by atoms with van der Waals surface area (Å²) in [4.78, 5) is 0. The minimum atomic E-state index is -1.38. The fourth-order valence-corrected chi connectivity index (χ4v) is 10.7. The van der Waals surface area contributed by atoms with Crippen molar-refractivity contribution in [2.45, 2.75) is 126 Å². The molecule has 0 aromatic heterocycles. The van der Waals surface area contributed by atoms with Crippen LogP contribution in [-0.4, -0.2) is 93.0 Å². The summed E-state index contributed by atoms with van der Waals surface area (Å²) < 4.78 is 25.1. The van der Waals surface area contributed by atoms with Gasteiger partial charge in [0.25, 0.3) is 0 Å². The first kappa shape index (κ1) is 28.9. The average molecular weight is 577 g/mol. The molecule has 0 aromatic carbocycles. The highest BCUT2D eigenvalue weighted by Crippen LogP contribution is 2.72. The van der Waals surface area contributed by atoms with Gasteiger partial charge < -0.3 is 44.5 Å². The number of aliphatic hydroxyl groups is 5. The van der Waals surface area contributed by atoms with Crippen LogP contribution in [0.3, 0.4) is 0 Å². The summed E-state index contributed by atoms with van der Waals surface area (Å²) in [5, 5.41) is 54.3. The molecule has 4 aliphatic carbocycles. The quantitative estimate of drug-likeness (QED) is 0.313. The molecule has 0 unspecified atom stereocenters. The van der Waals surface area contributed by atoms with E-state index in [2.05, 4.69) is 33.4 Å². The van der Waals surface area contributed by atoms with Crippen molar-refractivity contribution < 1.29 is 44.5 Å². The van der Waals surface area contributed by atoms with Crippen LogP contribution in [-0.2, 0) is 18.9 Å². The number of allylic oxidation sites excluding steroid dienone is 1. The molecule has 0 radical (unpaired) electrons. The molecule has 3 saturated heterocycles. The van der Waals surface area contributed by atoms with Crippen LogP contribution in [0.1, 0.15) is 72.1 Å². The second-order valence-electron chi connectivity index (χ2n) is 14.8. The van der Waals surface area contributed by atoms with E-state index in [1.54, 1.807) is 0 Å². The lowest BCUT2D eigenvalue weighted by Crippen LogP contribution is -2.62. The van der Waals surface area contributed by atoms with Gasteiger partial charge in [-0.25, -0.2) is 0 Å². The summed E-state index contributed by atoms with van der Waals surface area (Å²) in [6, 6.07) is 0. The molecule has 15 atom stereocenters. The minimum absolute atomic E-state index is 0.123. The molecular weight excluding hydrogens is 528 g/mol. The summed E-state index contributed by atoms with van der Waals surface area (Å²) in [5.41, 5.74) is 0.558. The molecule has 5 N–H and O–H groups in total. The van der Waals surface area contributed by atoms with Gasteiger partial charge in [-0.15, -0.1) is 0 Å². The van der Waals surface area contributed by atoms with Gasteiger partial charge in [0.2, 0.25) is 0 Å². The summed E-state index contributed by atoms with van der Waals surface area (Å²) in [6.45, 7) is 11.1. The molecular formula is C32H48O9. The Kier molecular flexibility index (Phi) is 6.73. The molecule has 6 fully saturated rings. The Labute approximate surface area is 242 Å². The zero-order chi connectivity index (χ0) is 29.1. The standard InChI is InChI=1S/C32H48O9/c1-16-7-10-31(39-14-16)17(2)32(37)25(41-31)13-22-20-6-5-18-11-19(33)12-24(30(18,4)21(20)8-9-29(22,32)3)40-28-27(36)26(35)23(34)15-38-28/h5,17,19-28,33-37H,1,6-15H2,2-4H3/t17-,19-,20+,21-,22+,23-,24-,25+,26+,27-,28+,29-,30+,31+,32+/m1/s1. The van der Waals surface area contributed by atoms with Crippen LogP contribution >= 0.6 is 0 Å². The number of fused-ring (bicyclic) bond motifs is 7. The maximum absolute atomic E-state index is 12.6. The van der Waals surface area contributed by atoms with Crippen molar-refractivity contribution in [3.63, 3.8) is 0 Å². The van der Waals surface area contributed by atoms with Gasteiger partial charge in [0.05, 0.1) is 31.5 Å². The molecule has 3 aliphatic heterocycles. The average Bonchev–Trinajstić information content (AvgIpc) is 3.29. The van der Waals surface area contributed by atoms with Gasteiger partial charge in [-0.2, -0.15) is 0 Å². The smallest absolute Gasteiger partial charge is 0.186 e. The lowest BCUT2D eigenvalue weighted by Gasteiger charge is -2.61. The van der Waals surface area contributed by atoms with Crippen molar-refractivity contribution in [1.82, 2.24) is 0 Å². The Balaban J connectivity index is 1.17. The molecule has 41 heavy (non-hydrogen) atoms. The predicted octanol–water partition coefficient (Wildman–Crippen LogP) is 2.18. The number of aliphatic hydroxyl groups excluding tert-OH is 4. The lowest BCUT2D eigenvalue weighted by molar-refractivity contribution is -0.300. The molecule has 3 heterocycles. The van der Waals surface area contributed by atoms with Crippen LogP contribution in [0.5, 0.6) is 0 Å². The molecule has 9 heteroatoms. The maximum atomic E-state index is 12.6. The van der Waals surface area contributed by atoms with Crippen molar-refractivity contribution in [3.05, 3.63) is 23.8 Å². The first-order valence-corrected chi connectivity index (χ1v) is 15.7. The Morgan fingerprint density at radius 2 is 1.83 bits per heavy atom. The number of ether oxygens (including phenoxy) is 4. The molecule has 9 nitrogen and oxygen atoms in total. The van der Waals surface area contributed by atoms with Crippen molar-refractivity contribution in [2.24, 2.45) is 34.5 Å². The molecule has 1 spiro atoms. The van der Waals surface area contributed by atoms with E-state index in [4.69, 9.17) is 18.9 Å². The van der Waals surface area contributed by atoms with E-state index in [1.807, 2.05) is 0 Å². The summed E-state index contributed by atoms with van der Waals surface area (Å²) in [7, 11) is 0. The first-order chi connectivity index (χ1) is 19.3. The molecule has 7 aliphatic rings. The Morgan fingerprint density at radius 1 is 1.05 bits per heavy atom. The van der Waals surface area contributed by atoms with E-state index in [0.717, 1.165) is 44.1 Å². The second-order valence-corrected chi connectivity index (χ2v) is 14.8. The SMILES string of the molecule is C=C1CC[C@]2(OC1)O[C@H]1C[C@H]3[C@H]4CC=C5C[C@@H](O)C[C@@H](O[C@@H]6OC[C@@H](O)[C@H](O)[C@H]6O)[C@]5(C)[C@@H]4CC[C@@]3(C)[C@]1(O)[C@@H]2C. The van der Waals surface area contributed by atoms with Crippen molar-refractivity contribution in [1.29, 1.82) is 0 Å². The van der Waals surface area contributed by atoms with Gasteiger partial charge in [-0.05, 0) is 56.3 Å². The van der Waals surface area contributed by atoms with E-state index in [-0.39, 0.29) is 35.9 Å². The largest absolute Gasteiger partial charge is 0.393 e. The van der Waals surface area contributed by atoms with Gasteiger partial charge in [-0.1, -0.05) is 44.6 Å². The predicted molar refractivity (Wildman–Crippen MR) is 147 cm³/mol. The number of hydrogen-bond donors (Lipinski definition) is 5. The molecule has 7 rings (SSSR count). The highest BCUT2D eigenvalue weighted by atomic mass is 16.7. The van der Waals surface area contributed by atoms with E-state index in [0.29, 0.717) is 25.4 Å². The summed E-state index contributed by atoms with van der Waals surface area (Å²) in [6.07, 6.45) is 2.05. The highest BCUT2D eigenvalue weighted by molar-refractivity contribution is 5.30. The zero-order valence-corrected chi connectivity index (χ0v) is 24.6. The van der Waals surface area contributed by atoms with Gasteiger partial charge in [0, 0.05) is 29.6 Å². The third kappa shape index (κ3) is 3.80. The fourth-order valence-electron chi connectivity index (χ4n) is 10.7. The molecule has 230 valence electrons. The molecule has 0 aromatic rings. The Bertz CT molecular complexity index is 1100. The normalized spacial score (nSPS) is 58.4. The first-order valence-electron chi connectivity index (χ1n) is 15.7. The van der Waals surface area contributed by atoms with Crippen LogP contribution in [0.25, 0.3) is 0 Å². The third-order valence-electron chi connectivity index (χ3n) is 13.2. The van der Waals surface area contributed by atoms with E-state index in [1.165, 1.54) is 5.57 Å². The van der Waals surface area contributed by atoms with E-state index >= 15 is 0 Å². The fraction of sp³-hybridized carbons (Fsp3) is 0.875. The number of hydrogen-bond acceptors (Lipinski definition) is 9. The van der Waals surface area contributed by atoms with Gasteiger partial charge in [0.15, 0.2) is 12.1 Å². The number of rotatable bonds is 2. The van der Waals surface area contributed by atoms with Crippen molar-refractivity contribution >= 4 is 0 Å². The minimum Gasteiger partial charge on any atom is -0.393 e. The van der Waals surface area contributed by atoms with Crippen LogP contribution in [0.15, 0.2) is 23.8 Å². The summed E-state index contributed by atoms with van der Waals surface area (Å²) >= 11 is 0. The maximum Gasteiger partial charge on any atom is 0.186 e. The van der Waals surface area contributed by atoms with Crippen LogP contribution in [0.4, 0.5) is 0 Å². The highest BCUT2D eigenvalue weighted by Gasteiger charge is 2.76. The van der Waals surface area contributed by atoms with Crippen molar-refractivity contribution in [3.8, 4) is 0 Å². The summed E-state index contributed by atoms with van der Waals surface area (Å²) in [5.74, 6) is -0.0889. The van der Waals surface area contributed by atoms with Crippen LogP contribution in [0, 0.1) is 34.5 Å². The molecule has 3 saturated carbocycles. The van der Waals surface area contributed by atoms with Crippen LogP contribution < -0.4 is 0 Å². The van der Waals surface area contributed by atoms with E-state index < -0.39 is 53.6 Å². The third-order valence-corrected chi connectivity index (χ3v) is 13.2. The van der Waals surface area contributed by atoms with Crippen molar-refractivity contribution in [2.75, 3.05) is 13.2 Å². The van der Waals surface area contributed by atoms with Gasteiger partial charge >= 0.3 is 0 Å². The zero-order valence-electron chi connectivity index (χ0n) is 24.6. The Morgan fingerprint density at radius 3 is 2.56 bits per heavy atom. The van der Waals surface area contributed by atoms with E-state index in [9.17, 15) is 25.5 Å². The van der Waals surface area contributed by atoms with Gasteiger partial charge in [-0.3, -0.25) is 0 Å². The molecule has 0 bridgehead atoms. The lowest BCUT2D eigenvalue weighted by atomic mass is 9.45. The topological polar surface area (TPSA) is 138 Å².